The number of hydrogen-bond acceptors (Lipinski definition) is 1. The highest BCUT2D eigenvalue weighted by atomic mass is 14.4. The SMILES string of the molecule is N=C1C=CC=CC1Cc1ccccc1. The van der Waals surface area contributed by atoms with Gasteiger partial charge in [0, 0.05) is 11.6 Å². The van der Waals surface area contributed by atoms with E-state index >= 15 is 0 Å². The molecule has 1 aliphatic rings. The predicted octanol–water partition coefficient (Wildman–Crippen LogP) is 2.99. The van der Waals surface area contributed by atoms with Crippen LogP contribution in [0.4, 0.5) is 0 Å². The van der Waals surface area contributed by atoms with Crippen molar-refractivity contribution in [3.8, 4) is 0 Å². The first-order valence-electron chi connectivity index (χ1n) is 4.83. The average molecular weight is 183 g/mol. The fourth-order valence-corrected chi connectivity index (χ4v) is 1.63. The van der Waals surface area contributed by atoms with E-state index in [4.69, 9.17) is 5.41 Å². The lowest BCUT2D eigenvalue weighted by Crippen LogP contribution is -2.13. The summed E-state index contributed by atoms with van der Waals surface area (Å²) in [5.74, 6) is 0.252. The van der Waals surface area contributed by atoms with Crippen LogP contribution in [0, 0.1) is 11.3 Å². The van der Waals surface area contributed by atoms with Crippen molar-refractivity contribution in [3.63, 3.8) is 0 Å². The molecule has 0 amide bonds. The molecule has 0 saturated carbocycles. The summed E-state index contributed by atoms with van der Waals surface area (Å²) in [6, 6.07) is 10.3. The van der Waals surface area contributed by atoms with Gasteiger partial charge in [0.25, 0.3) is 0 Å². The fraction of sp³-hybridized carbons (Fsp3) is 0.154. The molecule has 0 bridgehead atoms. The minimum Gasteiger partial charge on any atom is -0.305 e. The third kappa shape index (κ3) is 1.99. The van der Waals surface area contributed by atoms with E-state index in [0.717, 1.165) is 6.42 Å². The Bertz CT molecular complexity index is 373. The normalized spacial score (nSPS) is 20.0. The summed E-state index contributed by atoms with van der Waals surface area (Å²) < 4.78 is 0. The Morgan fingerprint density at radius 1 is 1.07 bits per heavy atom. The molecule has 1 unspecified atom stereocenters. The number of benzene rings is 1. The first-order chi connectivity index (χ1) is 6.86. The molecule has 1 aromatic carbocycles. The van der Waals surface area contributed by atoms with Gasteiger partial charge in [0.2, 0.25) is 0 Å². The number of allylic oxidation sites excluding steroid dienone is 4. The van der Waals surface area contributed by atoms with Gasteiger partial charge < -0.3 is 5.41 Å². The zero-order chi connectivity index (χ0) is 9.80. The molecule has 1 nitrogen and oxygen atoms in total. The smallest absolute Gasteiger partial charge is 0.0385 e. The van der Waals surface area contributed by atoms with E-state index in [-0.39, 0.29) is 5.92 Å². The van der Waals surface area contributed by atoms with Crippen molar-refractivity contribution in [1.29, 1.82) is 5.41 Å². The van der Waals surface area contributed by atoms with Crippen LogP contribution in [0.3, 0.4) is 0 Å². The topological polar surface area (TPSA) is 23.9 Å². The van der Waals surface area contributed by atoms with Crippen molar-refractivity contribution in [3.05, 3.63) is 60.2 Å². The first-order valence-corrected chi connectivity index (χ1v) is 4.83. The molecule has 0 aliphatic heterocycles. The van der Waals surface area contributed by atoms with Gasteiger partial charge in [-0.15, -0.1) is 0 Å². The van der Waals surface area contributed by atoms with E-state index in [1.165, 1.54) is 5.56 Å². The molecule has 0 spiro atoms. The molecule has 0 saturated heterocycles. The largest absolute Gasteiger partial charge is 0.305 e. The van der Waals surface area contributed by atoms with E-state index in [1.54, 1.807) is 0 Å². The number of rotatable bonds is 2. The zero-order valence-electron chi connectivity index (χ0n) is 7.98. The van der Waals surface area contributed by atoms with E-state index in [2.05, 4.69) is 18.2 Å². The molecule has 1 aromatic rings. The summed E-state index contributed by atoms with van der Waals surface area (Å²) in [4.78, 5) is 0. The minimum atomic E-state index is 0.252. The van der Waals surface area contributed by atoms with Gasteiger partial charge in [0.15, 0.2) is 0 Å². The van der Waals surface area contributed by atoms with Gasteiger partial charge >= 0.3 is 0 Å². The summed E-state index contributed by atoms with van der Waals surface area (Å²) in [5.41, 5.74) is 2.00. The van der Waals surface area contributed by atoms with Gasteiger partial charge in [-0.1, -0.05) is 48.6 Å². The summed E-state index contributed by atoms with van der Waals surface area (Å²) in [6.07, 6.45) is 8.83. The highest BCUT2D eigenvalue weighted by Crippen LogP contribution is 2.14. The van der Waals surface area contributed by atoms with Crippen LogP contribution >= 0.6 is 0 Å². The summed E-state index contributed by atoms with van der Waals surface area (Å²) in [6.45, 7) is 0. The average Bonchev–Trinajstić information content (AvgIpc) is 2.23. The Hall–Kier alpha value is -1.63. The molecular formula is C13H13N. The van der Waals surface area contributed by atoms with Crippen LogP contribution in [0.5, 0.6) is 0 Å². The lowest BCUT2D eigenvalue weighted by Gasteiger charge is -2.13. The maximum Gasteiger partial charge on any atom is 0.0385 e. The first kappa shape index (κ1) is 8.95. The van der Waals surface area contributed by atoms with Crippen LogP contribution in [0.1, 0.15) is 5.56 Å². The fourth-order valence-electron chi connectivity index (χ4n) is 1.63. The molecule has 0 aromatic heterocycles. The highest BCUT2D eigenvalue weighted by Gasteiger charge is 2.11. The van der Waals surface area contributed by atoms with Gasteiger partial charge in [-0.25, -0.2) is 0 Å². The predicted molar refractivity (Wildman–Crippen MR) is 59.6 cm³/mol. The van der Waals surface area contributed by atoms with Crippen molar-refractivity contribution in [2.24, 2.45) is 5.92 Å². The minimum absolute atomic E-state index is 0.252. The highest BCUT2D eigenvalue weighted by molar-refractivity contribution is 5.96. The number of nitrogens with one attached hydrogen (secondary N) is 1. The Kier molecular flexibility index (Phi) is 2.59. The van der Waals surface area contributed by atoms with E-state index < -0.39 is 0 Å². The second-order valence-corrected chi connectivity index (χ2v) is 3.50. The van der Waals surface area contributed by atoms with Crippen molar-refractivity contribution < 1.29 is 0 Å². The maximum absolute atomic E-state index is 7.76. The molecule has 2 rings (SSSR count). The molecule has 0 heterocycles. The molecule has 1 N–H and O–H groups in total. The van der Waals surface area contributed by atoms with E-state index in [1.807, 2.05) is 36.4 Å². The molecule has 1 aliphatic carbocycles. The Labute approximate surface area is 84.3 Å². The van der Waals surface area contributed by atoms with E-state index in [0.29, 0.717) is 5.71 Å². The summed E-state index contributed by atoms with van der Waals surface area (Å²) in [7, 11) is 0. The lowest BCUT2D eigenvalue weighted by atomic mass is 9.92. The van der Waals surface area contributed by atoms with Gasteiger partial charge in [-0.3, -0.25) is 0 Å². The third-order valence-corrected chi connectivity index (χ3v) is 2.43. The van der Waals surface area contributed by atoms with Crippen molar-refractivity contribution in [2.45, 2.75) is 6.42 Å². The van der Waals surface area contributed by atoms with Gasteiger partial charge in [-0.05, 0) is 18.1 Å². The third-order valence-electron chi connectivity index (χ3n) is 2.43. The number of hydrogen-bond donors (Lipinski definition) is 1. The van der Waals surface area contributed by atoms with Crippen molar-refractivity contribution in [2.75, 3.05) is 0 Å². The molecule has 0 radical (unpaired) electrons. The van der Waals surface area contributed by atoms with Gasteiger partial charge in [0.1, 0.15) is 0 Å². The van der Waals surface area contributed by atoms with Gasteiger partial charge in [0.05, 0.1) is 0 Å². The quantitative estimate of drug-likeness (QED) is 0.728. The maximum atomic E-state index is 7.76. The van der Waals surface area contributed by atoms with E-state index in [9.17, 15) is 0 Å². The van der Waals surface area contributed by atoms with Crippen LogP contribution in [-0.2, 0) is 6.42 Å². The zero-order valence-corrected chi connectivity index (χ0v) is 7.98. The van der Waals surface area contributed by atoms with Crippen LogP contribution in [0.2, 0.25) is 0 Å². The van der Waals surface area contributed by atoms with Gasteiger partial charge in [-0.2, -0.15) is 0 Å². The molecule has 14 heavy (non-hydrogen) atoms. The molecular weight excluding hydrogens is 170 g/mol. The Balaban J connectivity index is 2.09. The monoisotopic (exact) mass is 183 g/mol. The summed E-state index contributed by atoms with van der Waals surface area (Å²) >= 11 is 0. The summed E-state index contributed by atoms with van der Waals surface area (Å²) in [5, 5.41) is 7.76. The molecule has 1 heteroatoms. The molecule has 70 valence electrons. The lowest BCUT2D eigenvalue weighted by molar-refractivity contribution is 0.843. The van der Waals surface area contributed by atoms with Crippen LogP contribution in [0.15, 0.2) is 54.6 Å². The van der Waals surface area contributed by atoms with Crippen molar-refractivity contribution >= 4 is 5.71 Å². The molecule has 0 fully saturated rings. The Morgan fingerprint density at radius 2 is 1.86 bits per heavy atom. The van der Waals surface area contributed by atoms with Crippen LogP contribution in [-0.4, -0.2) is 5.71 Å². The standard InChI is InChI=1S/C13H13N/c14-13-9-5-4-8-12(13)10-11-6-2-1-3-7-11/h1-9,12,14H,10H2. The second kappa shape index (κ2) is 4.05. The second-order valence-electron chi connectivity index (χ2n) is 3.50. The molecule has 1 atom stereocenters. The Morgan fingerprint density at radius 3 is 2.57 bits per heavy atom. The van der Waals surface area contributed by atoms with Crippen molar-refractivity contribution in [1.82, 2.24) is 0 Å². The van der Waals surface area contributed by atoms with Crippen LogP contribution < -0.4 is 0 Å². The van der Waals surface area contributed by atoms with Crippen LogP contribution in [0.25, 0.3) is 0 Å².